The van der Waals surface area contributed by atoms with Crippen molar-refractivity contribution in [1.82, 2.24) is 4.98 Å². The predicted octanol–water partition coefficient (Wildman–Crippen LogP) is 3.67. The molecule has 1 amide bonds. The number of amides is 1. The molecule has 2 aromatic rings. The third-order valence-electron chi connectivity index (χ3n) is 3.16. The van der Waals surface area contributed by atoms with Gasteiger partial charge >= 0.3 is 0 Å². The standard InChI is InChI=1S/C16H18ClN3O/c1-10-7-13(20(3)4)5-6-14(10)19-16(21)12-8-11(2)18-15(17)9-12/h5-9H,1-4H3,(H,19,21). The predicted molar refractivity (Wildman–Crippen MR) is 87.4 cm³/mol. The van der Waals surface area contributed by atoms with Crippen molar-refractivity contribution in [1.29, 1.82) is 0 Å². The van der Waals surface area contributed by atoms with E-state index >= 15 is 0 Å². The van der Waals surface area contributed by atoms with E-state index in [1.165, 1.54) is 0 Å². The van der Waals surface area contributed by atoms with E-state index in [4.69, 9.17) is 11.6 Å². The van der Waals surface area contributed by atoms with Crippen LogP contribution < -0.4 is 10.2 Å². The van der Waals surface area contributed by atoms with Crippen LogP contribution in [0.25, 0.3) is 0 Å². The number of nitrogens with zero attached hydrogens (tertiary/aromatic N) is 2. The first kappa shape index (κ1) is 15.3. The summed E-state index contributed by atoms with van der Waals surface area (Å²) >= 11 is 5.89. The third kappa shape index (κ3) is 3.73. The van der Waals surface area contributed by atoms with Crippen molar-refractivity contribution in [2.24, 2.45) is 0 Å². The Morgan fingerprint density at radius 3 is 2.48 bits per heavy atom. The highest BCUT2D eigenvalue weighted by molar-refractivity contribution is 6.29. The SMILES string of the molecule is Cc1cc(C(=O)Nc2ccc(N(C)C)cc2C)cc(Cl)n1. The Labute approximate surface area is 129 Å². The van der Waals surface area contributed by atoms with Gasteiger partial charge in [0, 0.05) is 36.7 Å². The molecule has 0 fully saturated rings. The number of nitrogens with one attached hydrogen (secondary N) is 1. The number of pyridine rings is 1. The molecular weight excluding hydrogens is 286 g/mol. The van der Waals surface area contributed by atoms with E-state index in [2.05, 4.69) is 10.3 Å². The molecule has 1 aromatic carbocycles. The van der Waals surface area contributed by atoms with Crippen LogP contribution in [0.2, 0.25) is 5.15 Å². The van der Waals surface area contributed by atoms with Crippen LogP contribution in [0, 0.1) is 13.8 Å². The summed E-state index contributed by atoms with van der Waals surface area (Å²) in [4.78, 5) is 18.4. The minimum atomic E-state index is -0.192. The van der Waals surface area contributed by atoms with E-state index in [0.29, 0.717) is 16.4 Å². The molecule has 1 aromatic heterocycles. The molecule has 2 rings (SSSR count). The molecule has 1 N–H and O–H groups in total. The van der Waals surface area contributed by atoms with Crippen molar-refractivity contribution in [3.8, 4) is 0 Å². The van der Waals surface area contributed by atoms with Crippen LogP contribution in [0.3, 0.4) is 0 Å². The summed E-state index contributed by atoms with van der Waals surface area (Å²) in [6.45, 7) is 3.77. The van der Waals surface area contributed by atoms with Crippen LogP contribution >= 0.6 is 11.6 Å². The molecule has 0 bridgehead atoms. The summed E-state index contributed by atoms with van der Waals surface area (Å²) in [6.07, 6.45) is 0. The first-order chi connectivity index (χ1) is 9.86. The Hall–Kier alpha value is -2.07. The summed E-state index contributed by atoms with van der Waals surface area (Å²) < 4.78 is 0. The number of carbonyl (C=O) groups is 1. The second-order valence-electron chi connectivity index (χ2n) is 5.17. The van der Waals surface area contributed by atoms with Crippen LogP contribution in [-0.2, 0) is 0 Å². The summed E-state index contributed by atoms with van der Waals surface area (Å²) in [6, 6.07) is 9.17. The van der Waals surface area contributed by atoms with Gasteiger partial charge in [0.1, 0.15) is 5.15 Å². The van der Waals surface area contributed by atoms with E-state index in [1.807, 2.05) is 44.1 Å². The van der Waals surface area contributed by atoms with Gasteiger partial charge in [0.25, 0.3) is 5.91 Å². The molecule has 4 nitrogen and oxygen atoms in total. The second-order valence-corrected chi connectivity index (χ2v) is 5.55. The Morgan fingerprint density at radius 2 is 1.90 bits per heavy atom. The van der Waals surface area contributed by atoms with E-state index < -0.39 is 0 Å². The molecule has 110 valence electrons. The molecular formula is C16H18ClN3O. The Bertz CT molecular complexity index is 663. The average Bonchev–Trinajstić information content (AvgIpc) is 2.39. The lowest BCUT2D eigenvalue weighted by molar-refractivity contribution is 0.102. The molecule has 0 saturated carbocycles. The van der Waals surface area contributed by atoms with Crippen LogP contribution in [0.5, 0.6) is 0 Å². The van der Waals surface area contributed by atoms with Crippen molar-refractivity contribution in [3.05, 3.63) is 52.3 Å². The highest BCUT2D eigenvalue weighted by atomic mass is 35.5. The van der Waals surface area contributed by atoms with Gasteiger partial charge in [-0.3, -0.25) is 4.79 Å². The molecule has 1 heterocycles. The van der Waals surface area contributed by atoms with Crippen LogP contribution in [0.15, 0.2) is 30.3 Å². The number of aryl methyl sites for hydroxylation is 2. The van der Waals surface area contributed by atoms with Crippen LogP contribution in [0.1, 0.15) is 21.6 Å². The topological polar surface area (TPSA) is 45.2 Å². The number of aromatic nitrogens is 1. The molecule has 0 spiro atoms. The van der Waals surface area contributed by atoms with Gasteiger partial charge in [-0.2, -0.15) is 0 Å². The van der Waals surface area contributed by atoms with Crippen molar-refractivity contribution in [3.63, 3.8) is 0 Å². The Kier molecular flexibility index (Phi) is 4.48. The van der Waals surface area contributed by atoms with E-state index in [-0.39, 0.29) is 5.91 Å². The van der Waals surface area contributed by atoms with Gasteiger partial charge in [-0.05, 0) is 49.7 Å². The summed E-state index contributed by atoms with van der Waals surface area (Å²) in [5.74, 6) is -0.192. The minimum absolute atomic E-state index is 0.192. The molecule has 0 aliphatic rings. The first-order valence-electron chi connectivity index (χ1n) is 6.60. The van der Waals surface area contributed by atoms with Crippen molar-refractivity contribution in [2.45, 2.75) is 13.8 Å². The van der Waals surface area contributed by atoms with Gasteiger partial charge in [0.15, 0.2) is 0 Å². The van der Waals surface area contributed by atoms with Gasteiger partial charge in [-0.1, -0.05) is 11.6 Å². The zero-order valence-electron chi connectivity index (χ0n) is 12.6. The zero-order valence-corrected chi connectivity index (χ0v) is 13.3. The third-order valence-corrected chi connectivity index (χ3v) is 3.35. The molecule has 0 aliphatic heterocycles. The van der Waals surface area contributed by atoms with Gasteiger partial charge in [0.2, 0.25) is 0 Å². The van der Waals surface area contributed by atoms with Crippen molar-refractivity contribution < 1.29 is 4.79 Å². The van der Waals surface area contributed by atoms with Crippen molar-refractivity contribution >= 4 is 28.9 Å². The number of rotatable bonds is 3. The fourth-order valence-electron chi connectivity index (χ4n) is 2.02. The zero-order chi connectivity index (χ0) is 15.6. The smallest absolute Gasteiger partial charge is 0.255 e. The lowest BCUT2D eigenvalue weighted by Gasteiger charge is -2.15. The normalized spacial score (nSPS) is 10.3. The van der Waals surface area contributed by atoms with E-state index in [1.54, 1.807) is 19.1 Å². The molecule has 0 atom stereocenters. The summed E-state index contributed by atoms with van der Waals surface area (Å²) in [5.41, 5.74) is 4.10. The first-order valence-corrected chi connectivity index (χ1v) is 6.98. The van der Waals surface area contributed by atoms with Gasteiger partial charge in [-0.15, -0.1) is 0 Å². The fraction of sp³-hybridized carbons (Fsp3) is 0.250. The number of hydrogen-bond donors (Lipinski definition) is 1. The van der Waals surface area contributed by atoms with Crippen LogP contribution in [-0.4, -0.2) is 25.0 Å². The van der Waals surface area contributed by atoms with Crippen LogP contribution in [0.4, 0.5) is 11.4 Å². The Balaban J connectivity index is 2.23. The highest BCUT2D eigenvalue weighted by Gasteiger charge is 2.10. The largest absolute Gasteiger partial charge is 0.378 e. The maximum Gasteiger partial charge on any atom is 0.255 e. The molecule has 0 unspecified atom stereocenters. The molecule has 0 saturated heterocycles. The summed E-state index contributed by atoms with van der Waals surface area (Å²) in [5, 5.41) is 3.22. The Morgan fingerprint density at radius 1 is 1.19 bits per heavy atom. The fourth-order valence-corrected chi connectivity index (χ4v) is 2.27. The maximum atomic E-state index is 12.3. The number of carbonyl (C=O) groups excluding carboxylic acids is 1. The number of benzene rings is 1. The molecule has 21 heavy (non-hydrogen) atoms. The monoisotopic (exact) mass is 303 g/mol. The van der Waals surface area contributed by atoms with E-state index in [9.17, 15) is 4.79 Å². The number of anilines is 2. The maximum absolute atomic E-state index is 12.3. The van der Waals surface area contributed by atoms with Gasteiger partial charge in [0.05, 0.1) is 0 Å². The van der Waals surface area contributed by atoms with Crippen molar-refractivity contribution in [2.75, 3.05) is 24.3 Å². The summed E-state index contributed by atoms with van der Waals surface area (Å²) in [7, 11) is 3.96. The quantitative estimate of drug-likeness (QED) is 0.880. The molecule has 0 radical (unpaired) electrons. The second kappa shape index (κ2) is 6.14. The average molecular weight is 304 g/mol. The minimum Gasteiger partial charge on any atom is -0.378 e. The molecule has 0 aliphatic carbocycles. The van der Waals surface area contributed by atoms with Gasteiger partial charge < -0.3 is 10.2 Å². The highest BCUT2D eigenvalue weighted by Crippen LogP contribution is 2.22. The lowest BCUT2D eigenvalue weighted by atomic mass is 10.1. The number of halogens is 1. The molecule has 5 heteroatoms. The van der Waals surface area contributed by atoms with E-state index in [0.717, 1.165) is 16.9 Å². The van der Waals surface area contributed by atoms with Gasteiger partial charge in [-0.25, -0.2) is 4.98 Å². The number of hydrogen-bond acceptors (Lipinski definition) is 3. The lowest BCUT2D eigenvalue weighted by Crippen LogP contribution is -2.14.